The number of para-hydroxylation sites is 1. The fourth-order valence-corrected chi connectivity index (χ4v) is 2.84. The van der Waals surface area contributed by atoms with Crippen molar-refractivity contribution in [1.29, 1.82) is 0 Å². The number of carbonyl (C=O) groups excluding carboxylic acids is 1. The second kappa shape index (κ2) is 8.27. The van der Waals surface area contributed by atoms with E-state index >= 15 is 0 Å². The highest BCUT2D eigenvalue weighted by Gasteiger charge is 2.35. The highest BCUT2D eigenvalue weighted by atomic mass is 19.1. The first-order chi connectivity index (χ1) is 12.5. The van der Waals surface area contributed by atoms with Crippen molar-refractivity contribution in [2.75, 3.05) is 13.2 Å². The highest BCUT2D eigenvalue weighted by Crippen LogP contribution is 2.18. The van der Waals surface area contributed by atoms with Gasteiger partial charge in [-0.25, -0.2) is 4.39 Å². The topological polar surface area (TPSA) is 90.8 Å². The van der Waals surface area contributed by atoms with Crippen molar-refractivity contribution < 1.29 is 24.1 Å². The summed E-state index contributed by atoms with van der Waals surface area (Å²) >= 11 is 0. The Kier molecular flexibility index (Phi) is 5.82. The molecule has 0 unspecified atom stereocenters. The summed E-state index contributed by atoms with van der Waals surface area (Å²) in [4.78, 5) is 12.0. The van der Waals surface area contributed by atoms with Crippen LogP contribution in [0, 0.1) is 5.82 Å². The molecule has 2 aromatic rings. The summed E-state index contributed by atoms with van der Waals surface area (Å²) in [5, 5.41) is 26.0. The third-order valence-corrected chi connectivity index (χ3v) is 4.40. The zero-order valence-electron chi connectivity index (χ0n) is 14.1. The molecule has 1 aliphatic rings. The first kappa shape index (κ1) is 18.3. The number of aliphatic hydroxyl groups excluding tert-OH is 1. The van der Waals surface area contributed by atoms with E-state index in [2.05, 4.69) is 10.6 Å². The van der Waals surface area contributed by atoms with Gasteiger partial charge in [-0.3, -0.25) is 4.79 Å². The van der Waals surface area contributed by atoms with Gasteiger partial charge in [0.25, 0.3) is 5.91 Å². The fraction of sp³-hybridized carbons (Fsp3) is 0.316. The Morgan fingerprint density at radius 1 is 1.19 bits per heavy atom. The number of aromatic hydroxyl groups is 1. The monoisotopic (exact) mass is 360 g/mol. The zero-order chi connectivity index (χ0) is 18.5. The number of hydrogen-bond donors (Lipinski definition) is 4. The number of carbonyl (C=O) groups is 1. The van der Waals surface area contributed by atoms with Gasteiger partial charge < -0.3 is 25.6 Å². The van der Waals surface area contributed by atoms with E-state index in [1.165, 1.54) is 24.3 Å². The maximum Gasteiger partial charge on any atom is 0.251 e. The van der Waals surface area contributed by atoms with Gasteiger partial charge in [-0.1, -0.05) is 18.2 Å². The van der Waals surface area contributed by atoms with E-state index in [9.17, 15) is 19.4 Å². The molecule has 2 aromatic carbocycles. The van der Waals surface area contributed by atoms with E-state index in [0.717, 1.165) is 5.56 Å². The standard InChI is InChI=1S/C19H21FN2O4/c20-14-7-5-12(6-8-14)19(25)22-10-17-18(24)15(11-26-17)21-9-13-3-1-2-4-16(13)23/h1-8,15,17-18,21,23-24H,9-11H2,(H,22,25)/t15-,17-,18+/m1/s1. The number of halogens is 1. The first-order valence-corrected chi connectivity index (χ1v) is 8.38. The minimum atomic E-state index is -0.797. The molecule has 1 heterocycles. The molecular weight excluding hydrogens is 339 g/mol. The molecule has 0 aromatic heterocycles. The predicted octanol–water partition coefficient (Wildman–Crippen LogP) is 1.18. The molecule has 0 radical (unpaired) electrons. The third-order valence-electron chi connectivity index (χ3n) is 4.40. The average molecular weight is 360 g/mol. The summed E-state index contributed by atoms with van der Waals surface area (Å²) in [6, 6.07) is 11.9. The quantitative estimate of drug-likeness (QED) is 0.621. The Morgan fingerprint density at radius 3 is 2.65 bits per heavy atom. The van der Waals surface area contributed by atoms with E-state index in [4.69, 9.17) is 4.74 Å². The van der Waals surface area contributed by atoms with Gasteiger partial charge in [0.05, 0.1) is 18.8 Å². The maximum absolute atomic E-state index is 12.9. The van der Waals surface area contributed by atoms with Crippen LogP contribution < -0.4 is 10.6 Å². The smallest absolute Gasteiger partial charge is 0.251 e. The first-order valence-electron chi connectivity index (χ1n) is 8.38. The largest absolute Gasteiger partial charge is 0.508 e. The number of phenols is 1. The number of hydrogen-bond acceptors (Lipinski definition) is 5. The Balaban J connectivity index is 1.48. The van der Waals surface area contributed by atoms with Crippen molar-refractivity contribution in [1.82, 2.24) is 10.6 Å². The molecule has 0 saturated carbocycles. The lowest BCUT2D eigenvalue weighted by molar-refractivity contribution is 0.0398. The van der Waals surface area contributed by atoms with E-state index in [0.29, 0.717) is 18.7 Å². The molecule has 138 valence electrons. The molecular formula is C19H21FN2O4. The van der Waals surface area contributed by atoms with Gasteiger partial charge >= 0.3 is 0 Å². The van der Waals surface area contributed by atoms with Crippen molar-refractivity contribution in [2.24, 2.45) is 0 Å². The minimum Gasteiger partial charge on any atom is -0.508 e. The number of phenolic OH excluding ortho intramolecular Hbond substituents is 1. The number of amides is 1. The highest BCUT2D eigenvalue weighted by molar-refractivity contribution is 5.94. The zero-order valence-corrected chi connectivity index (χ0v) is 14.1. The van der Waals surface area contributed by atoms with Gasteiger partial charge in [-0.05, 0) is 30.3 Å². The number of nitrogens with one attached hydrogen (secondary N) is 2. The lowest BCUT2D eigenvalue weighted by atomic mass is 10.1. The van der Waals surface area contributed by atoms with Crippen LogP contribution in [0.3, 0.4) is 0 Å². The molecule has 0 spiro atoms. The van der Waals surface area contributed by atoms with Crippen molar-refractivity contribution in [3.63, 3.8) is 0 Å². The maximum atomic E-state index is 12.9. The summed E-state index contributed by atoms with van der Waals surface area (Å²) < 4.78 is 18.4. The SMILES string of the molecule is O=C(NC[C@H]1OC[C@@H](NCc2ccccc2O)[C@@H]1O)c1ccc(F)cc1. The minimum absolute atomic E-state index is 0.145. The van der Waals surface area contributed by atoms with Crippen LogP contribution in [0.5, 0.6) is 5.75 Å². The van der Waals surface area contributed by atoms with Crippen LogP contribution in [0.2, 0.25) is 0 Å². The number of aliphatic hydroxyl groups is 1. The van der Waals surface area contributed by atoms with Crippen LogP contribution in [-0.2, 0) is 11.3 Å². The van der Waals surface area contributed by atoms with Crippen molar-refractivity contribution in [3.05, 3.63) is 65.5 Å². The van der Waals surface area contributed by atoms with Crippen LogP contribution in [0.15, 0.2) is 48.5 Å². The average Bonchev–Trinajstić information content (AvgIpc) is 2.99. The summed E-state index contributed by atoms with van der Waals surface area (Å²) in [5.41, 5.74) is 1.07. The van der Waals surface area contributed by atoms with Crippen molar-refractivity contribution >= 4 is 5.91 Å². The second-order valence-corrected chi connectivity index (χ2v) is 6.20. The van der Waals surface area contributed by atoms with E-state index in [1.54, 1.807) is 18.2 Å². The van der Waals surface area contributed by atoms with Gasteiger partial charge in [-0.2, -0.15) is 0 Å². The van der Waals surface area contributed by atoms with Crippen molar-refractivity contribution in [2.45, 2.75) is 24.8 Å². The number of ether oxygens (including phenoxy) is 1. The van der Waals surface area contributed by atoms with Crippen LogP contribution in [-0.4, -0.2) is 47.5 Å². The van der Waals surface area contributed by atoms with Crippen LogP contribution in [0.1, 0.15) is 15.9 Å². The third kappa shape index (κ3) is 4.37. The van der Waals surface area contributed by atoms with E-state index in [-0.39, 0.29) is 24.2 Å². The van der Waals surface area contributed by atoms with Crippen LogP contribution in [0.25, 0.3) is 0 Å². The molecule has 6 nitrogen and oxygen atoms in total. The molecule has 7 heteroatoms. The normalized spacial score (nSPS) is 22.3. The number of benzene rings is 2. The molecule has 1 saturated heterocycles. The Hall–Kier alpha value is -2.48. The lowest BCUT2D eigenvalue weighted by Crippen LogP contribution is -2.44. The van der Waals surface area contributed by atoms with Gasteiger partial charge in [0, 0.05) is 24.2 Å². The van der Waals surface area contributed by atoms with E-state index < -0.39 is 18.0 Å². The Labute approximate surface area is 150 Å². The molecule has 3 rings (SSSR count). The molecule has 0 aliphatic carbocycles. The second-order valence-electron chi connectivity index (χ2n) is 6.20. The molecule has 1 amide bonds. The van der Waals surface area contributed by atoms with Gasteiger partial charge in [-0.15, -0.1) is 0 Å². The van der Waals surface area contributed by atoms with Crippen LogP contribution in [0.4, 0.5) is 4.39 Å². The number of rotatable bonds is 6. The fourth-order valence-electron chi connectivity index (χ4n) is 2.84. The van der Waals surface area contributed by atoms with Crippen LogP contribution >= 0.6 is 0 Å². The summed E-state index contributed by atoms with van der Waals surface area (Å²) in [6.07, 6.45) is -1.34. The summed E-state index contributed by atoms with van der Waals surface area (Å²) in [6.45, 7) is 0.838. The van der Waals surface area contributed by atoms with E-state index in [1.807, 2.05) is 6.07 Å². The molecule has 1 fully saturated rings. The Bertz CT molecular complexity index is 753. The molecule has 3 atom stereocenters. The molecule has 4 N–H and O–H groups in total. The molecule has 1 aliphatic heterocycles. The van der Waals surface area contributed by atoms with Crippen molar-refractivity contribution in [3.8, 4) is 5.75 Å². The Morgan fingerprint density at radius 2 is 1.92 bits per heavy atom. The summed E-state index contributed by atoms with van der Waals surface area (Å²) in [5.74, 6) is -0.572. The van der Waals surface area contributed by atoms with Gasteiger partial charge in [0.15, 0.2) is 0 Å². The predicted molar refractivity (Wildman–Crippen MR) is 93.2 cm³/mol. The summed E-state index contributed by atoms with van der Waals surface area (Å²) in [7, 11) is 0. The molecule has 26 heavy (non-hydrogen) atoms. The van der Waals surface area contributed by atoms with Gasteiger partial charge in [0.1, 0.15) is 17.7 Å². The molecule has 0 bridgehead atoms. The lowest BCUT2D eigenvalue weighted by Gasteiger charge is -2.19. The van der Waals surface area contributed by atoms with Gasteiger partial charge in [0.2, 0.25) is 0 Å².